The highest BCUT2D eigenvalue weighted by molar-refractivity contribution is 14.1. The van der Waals surface area contributed by atoms with Gasteiger partial charge >= 0.3 is 5.97 Å². The fourth-order valence-corrected chi connectivity index (χ4v) is 1.83. The molecule has 4 heteroatoms. The summed E-state index contributed by atoms with van der Waals surface area (Å²) < 4.78 is 5.87. The van der Waals surface area contributed by atoms with Gasteiger partial charge in [0.25, 0.3) is 0 Å². The zero-order valence-electron chi connectivity index (χ0n) is 9.66. The van der Waals surface area contributed by atoms with E-state index in [0.717, 1.165) is 5.56 Å². The number of rotatable bonds is 4. The van der Waals surface area contributed by atoms with E-state index in [1.807, 2.05) is 6.92 Å². The van der Waals surface area contributed by atoms with Crippen molar-refractivity contribution in [2.24, 2.45) is 0 Å². The lowest BCUT2D eigenvalue weighted by atomic mass is 10.1. The normalized spacial score (nSPS) is 14.2. The van der Waals surface area contributed by atoms with Gasteiger partial charge in [-0.3, -0.25) is 10.1 Å². The number of carbonyl (C=O) groups is 1. The first-order chi connectivity index (χ1) is 7.54. The smallest absolute Gasteiger partial charge is 0.322 e. The Balaban J connectivity index is 2.61. The molecule has 1 rings (SSSR count). The fourth-order valence-electron chi connectivity index (χ4n) is 1.47. The van der Waals surface area contributed by atoms with E-state index in [-0.39, 0.29) is 18.1 Å². The molecule has 0 saturated carbocycles. The molecule has 0 saturated heterocycles. The van der Waals surface area contributed by atoms with Crippen LogP contribution in [0.15, 0.2) is 24.3 Å². The van der Waals surface area contributed by atoms with Crippen LogP contribution in [-0.2, 0) is 9.53 Å². The van der Waals surface area contributed by atoms with Crippen molar-refractivity contribution < 1.29 is 9.53 Å². The molecule has 0 aliphatic heterocycles. The second-order valence-electron chi connectivity index (χ2n) is 3.68. The monoisotopic (exact) mass is 333 g/mol. The van der Waals surface area contributed by atoms with Gasteiger partial charge in [0, 0.05) is 9.61 Å². The Morgan fingerprint density at radius 3 is 2.38 bits per heavy atom. The first-order valence-electron chi connectivity index (χ1n) is 5.14. The van der Waals surface area contributed by atoms with Gasteiger partial charge in [0.1, 0.15) is 6.04 Å². The van der Waals surface area contributed by atoms with Gasteiger partial charge in [-0.1, -0.05) is 12.1 Å². The predicted octanol–water partition coefficient (Wildman–Crippen LogP) is 2.50. The molecule has 0 aliphatic carbocycles. The standard InChI is InChI=1S/C12H16INO2/c1-8(14-9(2)12(15)16-3)10-4-6-11(13)7-5-10/h4-9,14H,1-3H3/t8?,9-/m0/s1. The van der Waals surface area contributed by atoms with Crippen molar-refractivity contribution in [1.29, 1.82) is 0 Å². The number of carbonyl (C=O) groups excluding carboxylic acids is 1. The molecule has 0 spiro atoms. The van der Waals surface area contributed by atoms with E-state index in [4.69, 9.17) is 0 Å². The largest absolute Gasteiger partial charge is 0.468 e. The highest BCUT2D eigenvalue weighted by Crippen LogP contribution is 2.15. The van der Waals surface area contributed by atoms with E-state index in [1.54, 1.807) is 6.92 Å². The summed E-state index contributed by atoms with van der Waals surface area (Å²) in [6.45, 7) is 3.83. The molecular weight excluding hydrogens is 317 g/mol. The molecule has 16 heavy (non-hydrogen) atoms. The molecule has 0 radical (unpaired) electrons. The van der Waals surface area contributed by atoms with E-state index < -0.39 is 0 Å². The Kier molecular flexibility index (Phi) is 5.21. The first kappa shape index (κ1) is 13.4. The summed E-state index contributed by atoms with van der Waals surface area (Å²) in [5, 5.41) is 3.19. The lowest BCUT2D eigenvalue weighted by Crippen LogP contribution is -2.36. The van der Waals surface area contributed by atoms with Crippen LogP contribution in [-0.4, -0.2) is 19.1 Å². The first-order valence-corrected chi connectivity index (χ1v) is 6.21. The zero-order chi connectivity index (χ0) is 12.1. The molecule has 0 fully saturated rings. The van der Waals surface area contributed by atoms with Crippen molar-refractivity contribution in [2.45, 2.75) is 25.9 Å². The quantitative estimate of drug-likeness (QED) is 0.680. The molecule has 1 unspecified atom stereocenters. The van der Waals surface area contributed by atoms with Crippen LogP contribution in [0.1, 0.15) is 25.5 Å². The number of nitrogens with one attached hydrogen (secondary N) is 1. The van der Waals surface area contributed by atoms with Crippen molar-refractivity contribution in [3.63, 3.8) is 0 Å². The maximum atomic E-state index is 11.2. The number of ether oxygens (including phenoxy) is 1. The lowest BCUT2D eigenvalue weighted by Gasteiger charge is -2.18. The third-order valence-corrected chi connectivity index (χ3v) is 3.14. The van der Waals surface area contributed by atoms with Gasteiger partial charge in [0.05, 0.1) is 7.11 Å². The SMILES string of the molecule is COC(=O)[C@H](C)NC(C)c1ccc(I)cc1. The summed E-state index contributed by atoms with van der Waals surface area (Å²) in [6, 6.07) is 8.06. The Labute approximate surface area is 110 Å². The van der Waals surface area contributed by atoms with Crippen molar-refractivity contribution in [3.8, 4) is 0 Å². The highest BCUT2D eigenvalue weighted by atomic mass is 127. The Bertz CT molecular complexity index is 351. The maximum absolute atomic E-state index is 11.2. The van der Waals surface area contributed by atoms with Gasteiger partial charge in [-0.05, 0) is 54.1 Å². The molecule has 0 aliphatic rings. The van der Waals surface area contributed by atoms with Crippen LogP contribution in [0.3, 0.4) is 0 Å². The summed E-state index contributed by atoms with van der Waals surface area (Å²) in [5.74, 6) is -0.239. The summed E-state index contributed by atoms with van der Waals surface area (Å²) in [4.78, 5) is 11.2. The van der Waals surface area contributed by atoms with E-state index in [1.165, 1.54) is 10.7 Å². The van der Waals surface area contributed by atoms with Crippen molar-refractivity contribution >= 4 is 28.6 Å². The number of methoxy groups -OCH3 is 1. The van der Waals surface area contributed by atoms with Crippen LogP contribution in [0.2, 0.25) is 0 Å². The zero-order valence-corrected chi connectivity index (χ0v) is 11.8. The minimum Gasteiger partial charge on any atom is -0.468 e. The number of hydrogen-bond acceptors (Lipinski definition) is 3. The number of hydrogen-bond donors (Lipinski definition) is 1. The lowest BCUT2D eigenvalue weighted by molar-refractivity contribution is -0.142. The third-order valence-electron chi connectivity index (χ3n) is 2.42. The van der Waals surface area contributed by atoms with Gasteiger partial charge < -0.3 is 4.74 Å². The van der Waals surface area contributed by atoms with E-state index in [2.05, 4.69) is 56.9 Å². The maximum Gasteiger partial charge on any atom is 0.322 e. The minimum atomic E-state index is -0.292. The molecule has 0 bridgehead atoms. The number of halogens is 1. The van der Waals surface area contributed by atoms with Crippen LogP contribution in [0.4, 0.5) is 0 Å². The van der Waals surface area contributed by atoms with E-state index >= 15 is 0 Å². The molecule has 0 aromatic heterocycles. The van der Waals surface area contributed by atoms with Crippen LogP contribution >= 0.6 is 22.6 Å². The number of esters is 1. The molecule has 2 atom stereocenters. The van der Waals surface area contributed by atoms with Crippen molar-refractivity contribution in [1.82, 2.24) is 5.32 Å². The third kappa shape index (κ3) is 3.75. The second kappa shape index (κ2) is 6.20. The van der Waals surface area contributed by atoms with Crippen LogP contribution in [0.25, 0.3) is 0 Å². The van der Waals surface area contributed by atoms with Gasteiger partial charge in [-0.2, -0.15) is 0 Å². The summed E-state index contributed by atoms with van der Waals surface area (Å²) in [5.41, 5.74) is 1.16. The van der Waals surface area contributed by atoms with Crippen LogP contribution in [0, 0.1) is 3.57 Å². The van der Waals surface area contributed by atoms with Gasteiger partial charge in [0.15, 0.2) is 0 Å². The average Bonchev–Trinajstić information content (AvgIpc) is 2.28. The Morgan fingerprint density at radius 1 is 1.31 bits per heavy atom. The minimum absolute atomic E-state index is 0.131. The fraction of sp³-hybridized carbons (Fsp3) is 0.417. The van der Waals surface area contributed by atoms with Crippen LogP contribution in [0.5, 0.6) is 0 Å². The molecule has 88 valence electrons. The molecule has 3 nitrogen and oxygen atoms in total. The van der Waals surface area contributed by atoms with Crippen molar-refractivity contribution in [3.05, 3.63) is 33.4 Å². The van der Waals surface area contributed by atoms with Gasteiger partial charge in [-0.15, -0.1) is 0 Å². The van der Waals surface area contributed by atoms with E-state index in [9.17, 15) is 4.79 Å². The van der Waals surface area contributed by atoms with Gasteiger partial charge in [0.2, 0.25) is 0 Å². The predicted molar refractivity (Wildman–Crippen MR) is 72.2 cm³/mol. The molecular formula is C12H16INO2. The van der Waals surface area contributed by atoms with Gasteiger partial charge in [-0.25, -0.2) is 0 Å². The summed E-state index contributed by atoms with van der Waals surface area (Å²) in [6.07, 6.45) is 0. The molecule has 1 aromatic rings. The molecule has 0 heterocycles. The molecule has 1 aromatic carbocycles. The topological polar surface area (TPSA) is 38.3 Å². The average molecular weight is 333 g/mol. The van der Waals surface area contributed by atoms with Crippen molar-refractivity contribution in [2.75, 3.05) is 7.11 Å². The Morgan fingerprint density at radius 2 is 1.88 bits per heavy atom. The van der Waals surface area contributed by atoms with Crippen LogP contribution < -0.4 is 5.32 Å². The number of benzene rings is 1. The summed E-state index contributed by atoms with van der Waals surface area (Å²) in [7, 11) is 1.40. The molecule has 0 amide bonds. The highest BCUT2D eigenvalue weighted by Gasteiger charge is 2.16. The molecule has 1 N–H and O–H groups in total. The van der Waals surface area contributed by atoms with E-state index in [0.29, 0.717) is 0 Å². The summed E-state index contributed by atoms with van der Waals surface area (Å²) >= 11 is 2.27. The second-order valence-corrected chi connectivity index (χ2v) is 4.93. The Hall–Kier alpha value is -0.620.